The van der Waals surface area contributed by atoms with E-state index in [9.17, 15) is 0 Å². The van der Waals surface area contributed by atoms with Crippen LogP contribution in [-0.4, -0.2) is 11.5 Å². The Bertz CT molecular complexity index is 510. The van der Waals surface area contributed by atoms with Crippen molar-refractivity contribution in [3.8, 4) is 0 Å². The molecule has 2 nitrogen and oxygen atoms in total. The van der Waals surface area contributed by atoms with Gasteiger partial charge in [0.2, 0.25) is 0 Å². The molecule has 0 fully saturated rings. The van der Waals surface area contributed by atoms with Gasteiger partial charge in [-0.3, -0.25) is 0 Å². The van der Waals surface area contributed by atoms with E-state index in [4.69, 9.17) is 11.6 Å². The number of aromatic nitrogens is 1. The van der Waals surface area contributed by atoms with Crippen LogP contribution in [0.5, 0.6) is 0 Å². The lowest BCUT2D eigenvalue weighted by atomic mass is 10.3. The molecule has 0 aliphatic heterocycles. The van der Waals surface area contributed by atoms with E-state index in [-0.39, 0.29) is 0 Å². The summed E-state index contributed by atoms with van der Waals surface area (Å²) < 4.78 is 0. The summed E-state index contributed by atoms with van der Waals surface area (Å²) in [5.41, 5.74) is 0. The minimum absolute atomic E-state index is 0.386. The highest BCUT2D eigenvalue weighted by molar-refractivity contribution is 7.98. The van der Waals surface area contributed by atoms with E-state index in [1.54, 1.807) is 23.1 Å². The fourth-order valence-corrected chi connectivity index (χ4v) is 3.65. The Kier molecular flexibility index (Phi) is 5.70. The monoisotopic (exact) mass is 312 g/mol. The van der Waals surface area contributed by atoms with E-state index in [1.807, 2.05) is 30.5 Å². The minimum atomic E-state index is 0.386. The smallest absolute Gasteiger partial charge is 0.103 e. The quantitative estimate of drug-likeness (QED) is 0.778. The minimum Gasteiger partial charge on any atom is -0.310 e. The second-order valence-electron chi connectivity index (χ2n) is 4.18. The molecular weight excluding hydrogens is 296 g/mol. The maximum Gasteiger partial charge on any atom is 0.103 e. The van der Waals surface area contributed by atoms with Gasteiger partial charge in [0.25, 0.3) is 0 Å². The molecule has 0 bridgehead atoms. The summed E-state index contributed by atoms with van der Waals surface area (Å²) in [5, 5.41) is 5.35. The molecule has 1 atom stereocenters. The summed E-state index contributed by atoms with van der Waals surface area (Å²) in [4.78, 5) is 7.01. The van der Waals surface area contributed by atoms with Gasteiger partial charge in [-0.05, 0) is 37.7 Å². The first-order valence-electron chi connectivity index (χ1n) is 6.25. The Balaban J connectivity index is 1.91. The fraction of sp³-hybridized carbons (Fsp3) is 0.357. The molecule has 1 N–H and O–H groups in total. The number of halogens is 1. The Hall–Kier alpha value is -0.550. The molecule has 2 aromatic rings. The standard InChI is InChI=1S/C14H17ClN2S2/c1-3-16-10(2)13-8-17-14(19-13)9-18-12-6-4-11(15)5-7-12/h4-8,10,16H,3,9H2,1-2H3. The third kappa shape index (κ3) is 4.49. The van der Waals surface area contributed by atoms with E-state index < -0.39 is 0 Å². The van der Waals surface area contributed by atoms with Crippen LogP contribution in [0.4, 0.5) is 0 Å². The average molecular weight is 313 g/mol. The first kappa shape index (κ1) is 14.9. The van der Waals surface area contributed by atoms with Crippen molar-refractivity contribution in [1.29, 1.82) is 0 Å². The first-order valence-corrected chi connectivity index (χ1v) is 8.43. The van der Waals surface area contributed by atoms with E-state index in [2.05, 4.69) is 24.1 Å². The molecular formula is C14H17ClN2S2. The van der Waals surface area contributed by atoms with Gasteiger partial charge in [-0.2, -0.15) is 0 Å². The van der Waals surface area contributed by atoms with Crippen molar-refractivity contribution in [2.75, 3.05) is 6.54 Å². The van der Waals surface area contributed by atoms with Crippen LogP contribution >= 0.6 is 34.7 Å². The molecule has 0 saturated heterocycles. The molecule has 0 aliphatic rings. The second kappa shape index (κ2) is 7.29. The molecule has 1 aromatic carbocycles. The number of benzene rings is 1. The lowest BCUT2D eigenvalue weighted by Gasteiger charge is -2.08. The SMILES string of the molecule is CCNC(C)c1cnc(CSc2ccc(Cl)cc2)s1. The Morgan fingerprint density at radius 3 is 2.79 bits per heavy atom. The summed E-state index contributed by atoms with van der Waals surface area (Å²) in [6.45, 7) is 5.27. The van der Waals surface area contributed by atoms with Gasteiger partial charge >= 0.3 is 0 Å². The highest BCUT2D eigenvalue weighted by atomic mass is 35.5. The number of thioether (sulfide) groups is 1. The van der Waals surface area contributed by atoms with E-state index in [1.165, 1.54) is 14.8 Å². The van der Waals surface area contributed by atoms with Gasteiger partial charge in [0.05, 0.1) is 5.75 Å². The van der Waals surface area contributed by atoms with Gasteiger partial charge in [0.15, 0.2) is 0 Å². The zero-order valence-corrected chi connectivity index (χ0v) is 13.4. The van der Waals surface area contributed by atoms with Gasteiger partial charge in [-0.25, -0.2) is 4.98 Å². The van der Waals surface area contributed by atoms with Gasteiger partial charge < -0.3 is 5.32 Å². The van der Waals surface area contributed by atoms with Gasteiger partial charge in [-0.1, -0.05) is 18.5 Å². The number of hydrogen-bond acceptors (Lipinski definition) is 4. The summed E-state index contributed by atoms with van der Waals surface area (Å²) in [6, 6.07) is 8.32. The molecule has 5 heteroatoms. The largest absolute Gasteiger partial charge is 0.310 e. The lowest BCUT2D eigenvalue weighted by molar-refractivity contribution is 0.606. The molecule has 19 heavy (non-hydrogen) atoms. The van der Waals surface area contributed by atoms with E-state index in [0.29, 0.717) is 6.04 Å². The van der Waals surface area contributed by atoms with Crippen molar-refractivity contribution < 1.29 is 0 Å². The van der Waals surface area contributed by atoms with Crippen LogP contribution in [0, 0.1) is 0 Å². The van der Waals surface area contributed by atoms with Crippen molar-refractivity contribution in [2.24, 2.45) is 0 Å². The predicted molar refractivity (Wildman–Crippen MR) is 85.2 cm³/mol. The highest BCUT2D eigenvalue weighted by Gasteiger charge is 2.08. The topological polar surface area (TPSA) is 24.9 Å². The number of nitrogens with zero attached hydrogens (tertiary/aromatic N) is 1. The van der Waals surface area contributed by atoms with Gasteiger partial charge in [0.1, 0.15) is 5.01 Å². The van der Waals surface area contributed by atoms with Crippen LogP contribution in [0.1, 0.15) is 29.8 Å². The normalized spacial score (nSPS) is 12.6. The molecule has 0 aliphatic carbocycles. The maximum atomic E-state index is 5.87. The second-order valence-corrected chi connectivity index (χ2v) is 6.81. The van der Waals surface area contributed by atoms with Crippen molar-refractivity contribution in [3.05, 3.63) is 45.4 Å². The molecule has 1 aromatic heterocycles. The zero-order chi connectivity index (χ0) is 13.7. The van der Waals surface area contributed by atoms with E-state index in [0.717, 1.165) is 17.3 Å². The van der Waals surface area contributed by atoms with Crippen molar-refractivity contribution in [3.63, 3.8) is 0 Å². The van der Waals surface area contributed by atoms with Gasteiger partial charge in [-0.15, -0.1) is 23.1 Å². The third-order valence-corrected chi connectivity index (χ3v) is 5.32. The fourth-order valence-electron chi connectivity index (χ4n) is 1.67. The number of rotatable bonds is 6. The maximum absolute atomic E-state index is 5.87. The lowest BCUT2D eigenvalue weighted by Crippen LogP contribution is -2.16. The molecule has 0 radical (unpaired) electrons. The van der Waals surface area contributed by atoms with Crippen LogP contribution < -0.4 is 5.32 Å². The number of nitrogens with one attached hydrogen (secondary N) is 1. The van der Waals surface area contributed by atoms with Crippen LogP contribution in [0.2, 0.25) is 5.02 Å². The van der Waals surface area contributed by atoms with Crippen LogP contribution in [0.25, 0.3) is 0 Å². The Morgan fingerprint density at radius 2 is 2.11 bits per heavy atom. The van der Waals surface area contributed by atoms with Crippen LogP contribution in [0.15, 0.2) is 35.4 Å². The molecule has 1 heterocycles. The molecule has 102 valence electrons. The van der Waals surface area contributed by atoms with Crippen molar-refractivity contribution in [1.82, 2.24) is 10.3 Å². The predicted octanol–water partition coefficient (Wildman–Crippen LogP) is 4.76. The van der Waals surface area contributed by atoms with Crippen molar-refractivity contribution >= 4 is 34.7 Å². The molecule has 1 unspecified atom stereocenters. The summed E-state index contributed by atoms with van der Waals surface area (Å²) >= 11 is 9.44. The molecule has 0 spiro atoms. The average Bonchev–Trinajstić information content (AvgIpc) is 2.87. The Morgan fingerprint density at radius 1 is 1.37 bits per heavy atom. The van der Waals surface area contributed by atoms with Gasteiger partial charge in [0, 0.05) is 27.0 Å². The molecule has 0 amide bonds. The third-order valence-electron chi connectivity index (χ3n) is 2.68. The van der Waals surface area contributed by atoms with Crippen LogP contribution in [0.3, 0.4) is 0 Å². The van der Waals surface area contributed by atoms with Crippen LogP contribution in [-0.2, 0) is 5.75 Å². The Labute approximate surface area is 127 Å². The summed E-state index contributed by atoms with van der Waals surface area (Å²) in [7, 11) is 0. The zero-order valence-electron chi connectivity index (χ0n) is 11.0. The molecule has 2 rings (SSSR count). The summed E-state index contributed by atoms with van der Waals surface area (Å²) in [5.74, 6) is 0.908. The van der Waals surface area contributed by atoms with Crippen molar-refractivity contribution in [2.45, 2.75) is 30.5 Å². The molecule has 0 saturated carbocycles. The van der Waals surface area contributed by atoms with E-state index >= 15 is 0 Å². The number of hydrogen-bond donors (Lipinski definition) is 1. The number of thiazole rings is 1. The highest BCUT2D eigenvalue weighted by Crippen LogP contribution is 2.28. The summed E-state index contributed by atoms with van der Waals surface area (Å²) in [6.07, 6.45) is 1.98. The first-order chi connectivity index (χ1) is 9.19.